The summed E-state index contributed by atoms with van der Waals surface area (Å²) in [6.07, 6.45) is 4.14. The molecule has 0 saturated carbocycles. The minimum Gasteiger partial charge on any atom is -0.337 e. The van der Waals surface area contributed by atoms with Crippen LogP contribution in [0, 0.1) is 6.92 Å². The van der Waals surface area contributed by atoms with Gasteiger partial charge in [0.2, 0.25) is 0 Å². The molecule has 0 fully saturated rings. The number of benzene rings is 2. The average molecular weight is 295 g/mol. The smallest absolute Gasteiger partial charge is 0.326 e. The van der Waals surface area contributed by atoms with Crippen LogP contribution in [0.4, 0.5) is 16.2 Å². The molecule has 2 aromatic carbocycles. The molecule has 0 unspecified atom stereocenters. The number of nitrogens with one attached hydrogen (secondary N) is 1. The molecular formula is C19H23N2O. The molecule has 1 radical (unpaired) electrons. The Kier molecular flexibility index (Phi) is 6.49. The number of hydrogen-bond acceptors (Lipinski definition) is 1. The Bertz CT molecular complexity index is 515. The van der Waals surface area contributed by atoms with Gasteiger partial charge in [-0.15, -0.1) is 0 Å². The van der Waals surface area contributed by atoms with Crippen LogP contribution in [0.5, 0.6) is 0 Å². The topological polar surface area (TPSA) is 32.3 Å². The number of rotatable bonds is 7. The maximum atomic E-state index is 12.6. The number of urea groups is 1. The van der Waals surface area contributed by atoms with Crippen molar-refractivity contribution in [1.29, 1.82) is 0 Å². The highest BCUT2D eigenvalue weighted by Crippen LogP contribution is 2.24. The molecule has 0 saturated heterocycles. The molecule has 0 heterocycles. The van der Waals surface area contributed by atoms with Crippen molar-refractivity contribution in [2.24, 2.45) is 0 Å². The molecule has 0 bridgehead atoms. The van der Waals surface area contributed by atoms with E-state index >= 15 is 0 Å². The molecule has 115 valence electrons. The standard InChI is InChI=1S/C19H23N2O/c1-2-3-4-11-16-20-19(22)21(17-12-7-5-8-13-17)18-14-9-6-10-15-18/h5-10,12-15H,1-4,11,16H2,(H,20,22). The lowest BCUT2D eigenvalue weighted by atomic mass is 10.2. The lowest BCUT2D eigenvalue weighted by Crippen LogP contribution is -2.37. The van der Waals surface area contributed by atoms with Crippen molar-refractivity contribution in [3.05, 3.63) is 67.6 Å². The number of anilines is 2. The van der Waals surface area contributed by atoms with Gasteiger partial charge in [-0.05, 0) is 30.7 Å². The summed E-state index contributed by atoms with van der Waals surface area (Å²) in [6, 6.07) is 19.3. The van der Waals surface area contributed by atoms with Crippen LogP contribution in [0.2, 0.25) is 0 Å². The highest BCUT2D eigenvalue weighted by atomic mass is 16.2. The van der Waals surface area contributed by atoms with Crippen LogP contribution in [0.25, 0.3) is 0 Å². The molecule has 3 heteroatoms. The first kappa shape index (κ1) is 16.1. The Hall–Kier alpha value is -2.29. The molecule has 1 N–H and O–H groups in total. The first-order valence-corrected chi connectivity index (χ1v) is 7.80. The first-order chi connectivity index (χ1) is 10.8. The predicted molar refractivity (Wildman–Crippen MR) is 92.2 cm³/mol. The van der Waals surface area contributed by atoms with E-state index in [1.807, 2.05) is 60.7 Å². The molecule has 2 aromatic rings. The zero-order valence-corrected chi connectivity index (χ0v) is 12.9. The summed E-state index contributed by atoms with van der Waals surface area (Å²) in [6.45, 7) is 4.52. The molecule has 22 heavy (non-hydrogen) atoms. The minimum atomic E-state index is -0.0907. The average Bonchev–Trinajstić information content (AvgIpc) is 2.57. The van der Waals surface area contributed by atoms with Crippen LogP contribution in [0.3, 0.4) is 0 Å². The monoisotopic (exact) mass is 295 g/mol. The highest BCUT2D eigenvalue weighted by Gasteiger charge is 2.16. The SMILES string of the molecule is [CH2]CCCCCNC(=O)N(c1ccccc1)c1ccccc1. The molecule has 3 nitrogen and oxygen atoms in total. The van der Waals surface area contributed by atoms with Gasteiger partial charge in [-0.1, -0.05) is 62.6 Å². The van der Waals surface area contributed by atoms with Gasteiger partial charge < -0.3 is 5.32 Å². The van der Waals surface area contributed by atoms with E-state index in [9.17, 15) is 4.79 Å². The fraction of sp³-hybridized carbons (Fsp3) is 0.263. The Morgan fingerprint density at radius 1 is 0.864 bits per heavy atom. The Morgan fingerprint density at radius 2 is 1.41 bits per heavy atom. The van der Waals surface area contributed by atoms with Gasteiger partial charge in [0.1, 0.15) is 0 Å². The number of unbranched alkanes of at least 4 members (excludes halogenated alkanes) is 3. The second kappa shape index (κ2) is 8.88. The fourth-order valence-electron chi connectivity index (χ4n) is 2.29. The van der Waals surface area contributed by atoms with E-state index in [0.29, 0.717) is 6.54 Å². The summed E-state index contributed by atoms with van der Waals surface area (Å²) in [4.78, 5) is 14.3. The predicted octanol–water partition coefficient (Wildman–Crippen LogP) is 4.93. The number of carbonyl (C=O) groups excluding carboxylic acids is 1. The molecular weight excluding hydrogens is 272 g/mol. The van der Waals surface area contributed by atoms with E-state index in [1.165, 1.54) is 0 Å². The van der Waals surface area contributed by atoms with E-state index in [4.69, 9.17) is 0 Å². The molecule has 0 aliphatic heterocycles. The third kappa shape index (κ3) is 4.62. The highest BCUT2D eigenvalue weighted by molar-refractivity contribution is 5.99. The molecule has 0 aliphatic rings. The van der Waals surface area contributed by atoms with Gasteiger partial charge in [0.25, 0.3) is 0 Å². The van der Waals surface area contributed by atoms with E-state index in [1.54, 1.807) is 4.90 Å². The second-order valence-corrected chi connectivity index (χ2v) is 5.15. The van der Waals surface area contributed by atoms with Crippen LogP contribution in [-0.4, -0.2) is 12.6 Å². The van der Waals surface area contributed by atoms with Crippen LogP contribution in [0.1, 0.15) is 25.7 Å². The van der Waals surface area contributed by atoms with E-state index in [-0.39, 0.29) is 6.03 Å². The van der Waals surface area contributed by atoms with Gasteiger partial charge in [-0.25, -0.2) is 4.79 Å². The molecule has 0 aliphatic carbocycles. The molecule has 0 spiro atoms. The Labute approximate surface area is 133 Å². The number of hydrogen-bond donors (Lipinski definition) is 1. The summed E-state index contributed by atoms with van der Waals surface area (Å²) in [7, 11) is 0. The van der Waals surface area contributed by atoms with Crippen molar-refractivity contribution in [3.63, 3.8) is 0 Å². The Morgan fingerprint density at radius 3 is 1.91 bits per heavy atom. The van der Waals surface area contributed by atoms with Crippen LogP contribution < -0.4 is 10.2 Å². The maximum absolute atomic E-state index is 12.6. The normalized spacial score (nSPS) is 10.2. The van der Waals surface area contributed by atoms with Gasteiger partial charge >= 0.3 is 6.03 Å². The zero-order chi connectivity index (χ0) is 15.6. The van der Waals surface area contributed by atoms with Crippen LogP contribution >= 0.6 is 0 Å². The van der Waals surface area contributed by atoms with E-state index in [2.05, 4.69) is 12.2 Å². The fourth-order valence-corrected chi connectivity index (χ4v) is 2.29. The summed E-state index contributed by atoms with van der Waals surface area (Å²) in [5, 5.41) is 3.01. The number of carbonyl (C=O) groups is 1. The molecule has 2 amide bonds. The summed E-state index contributed by atoms with van der Waals surface area (Å²) in [5.41, 5.74) is 1.73. The quantitative estimate of drug-likeness (QED) is 0.722. The van der Waals surface area contributed by atoms with Crippen molar-refractivity contribution >= 4 is 17.4 Å². The van der Waals surface area contributed by atoms with E-state index < -0.39 is 0 Å². The first-order valence-electron chi connectivity index (χ1n) is 7.80. The third-order valence-corrected chi connectivity index (χ3v) is 3.43. The summed E-state index contributed by atoms with van der Waals surface area (Å²) >= 11 is 0. The van der Waals surface area contributed by atoms with Gasteiger partial charge in [-0.2, -0.15) is 0 Å². The second-order valence-electron chi connectivity index (χ2n) is 5.15. The third-order valence-electron chi connectivity index (χ3n) is 3.43. The number of para-hydroxylation sites is 2. The van der Waals surface area contributed by atoms with Crippen LogP contribution in [-0.2, 0) is 0 Å². The lowest BCUT2D eigenvalue weighted by Gasteiger charge is -2.23. The van der Waals surface area contributed by atoms with Gasteiger partial charge in [0, 0.05) is 6.54 Å². The maximum Gasteiger partial charge on any atom is 0.326 e. The van der Waals surface area contributed by atoms with Crippen molar-refractivity contribution in [2.45, 2.75) is 25.7 Å². The van der Waals surface area contributed by atoms with Crippen molar-refractivity contribution < 1.29 is 4.79 Å². The van der Waals surface area contributed by atoms with Crippen LogP contribution in [0.15, 0.2) is 60.7 Å². The Balaban J connectivity index is 2.07. The number of amides is 2. The van der Waals surface area contributed by atoms with Gasteiger partial charge in [0.05, 0.1) is 11.4 Å². The van der Waals surface area contributed by atoms with Crippen molar-refractivity contribution in [2.75, 3.05) is 11.4 Å². The summed E-state index contributed by atoms with van der Waals surface area (Å²) < 4.78 is 0. The molecule has 2 rings (SSSR count). The van der Waals surface area contributed by atoms with Gasteiger partial charge in [-0.3, -0.25) is 4.90 Å². The molecule has 0 aromatic heterocycles. The van der Waals surface area contributed by atoms with E-state index in [0.717, 1.165) is 37.1 Å². The van der Waals surface area contributed by atoms with Crippen molar-refractivity contribution in [3.8, 4) is 0 Å². The summed E-state index contributed by atoms with van der Waals surface area (Å²) in [5.74, 6) is 0. The molecule has 0 atom stereocenters. The number of nitrogens with zero attached hydrogens (tertiary/aromatic N) is 1. The lowest BCUT2D eigenvalue weighted by molar-refractivity contribution is 0.248. The minimum absolute atomic E-state index is 0.0907. The van der Waals surface area contributed by atoms with Crippen molar-refractivity contribution in [1.82, 2.24) is 5.32 Å². The van der Waals surface area contributed by atoms with Gasteiger partial charge in [0.15, 0.2) is 0 Å². The largest absolute Gasteiger partial charge is 0.337 e. The zero-order valence-electron chi connectivity index (χ0n) is 12.9.